The Labute approximate surface area is 216 Å². The summed E-state index contributed by atoms with van der Waals surface area (Å²) in [7, 11) is 3.32. The Balaban J connectivity index is 1.15. The molecule has 9 heteroatoms. The van der Waals surface area contributed by atoms with Crippen molar-refractivity contribution in [1.29, 1.82) is 0 Å². The first-order chi connectivity index (χ1) is 17.9. The SMILES string of the molecule is COc1ccccc1NC(=O)N1CCC2(CCN(C(=O)CCc3nc4ccccc4n(C)c3=O)C2)CC1. The Morgan fingerprint density at radius 3 is 2.43 bits per heavy atom. The summed E-state index contributed by atoms with van der Waals surface area (Å²) in [6, 6.07) is 14.8. The summed E-state index contributed by atoms with van der Waals surface area (Å²) < 4.78 is 6.93. The van der Waals surface area contributed by atoms with Gasteiger partial charge in [0, 0.05) is 46.1 Å². The van der Waals surface area contributed by atoms with Crippen LogP contribution >= 0.6 is 0 Å². The molecule has 0 bridgehead atoms. The largest absolute Gasteiger partial charge is 0.495 e. The highest BCUT2D eigenvalue weighted by molar-refractivity contribution is 5.91. The van der Waals surface area contributed by atoms with E-state index in [9.17, 15) is 14.4 Å². The number of benzene rings is 2. The molecule has 0 atom stereocenters. The van der Waals surface area contributed by atoms with Crippen molar-refractivity contribution in [3.63, 3.8) is 0 Å². The Morgan fingerprint density at radius 1 is 1.00 bits per heavy atom. The predicted octanol–water partition coefficient (Wildman–Crippen LogP) is 3.42. The lowest BCUT2D eigenvalue weighted by atomic mass is 9.78. The standard InChI is InChI=1S/C28H33N5O4/c1-31-23-9-5-3-7-20(23)29-22(26(31)35)11-12-25(34)33-18-15-28(19-33)13-16-32(17-14-28)27(36)30-21-8-4-6-10-24(21)37-2/h3-10H,11-19H2,1-2H3,(H,30,36). The number of fused-ring (bicyclic) bond motifs is 1. The molecule has 3 aromatic rings. The Bertz CT molecular complexity index is 1380. The number of nitrogens with one attached hydrogen (secondary N) is 1. The van der Waals surface area contributed by atoms with Crippen LogP contribution < -0.4 is 15.6 Å². The van der Waals surface area contributed by atoms with Crippen molar-refractivity contribution in [3.8, 4) is 5.75 Å². The molecular formula is C28H33N5O4. The first kappa shape index (κ1) is 24.8. The minimum absolute atomic E-state index is 0.0498. The Hall–Kier alpha value is -3.88. The number of anilines is 1. The summed E-state index contributed by atoms with van der Waals surface area (Å²) >= 11 is 0. The van der Waals surface area contributed by atoms with Gasteiger partial charge in [0.05, 0.1) is 23.8 Å². The third-order valence-corrected chi connectivity index (χ3v) is 7.88. The number of ether oxygens (including phenoxy) is 1. The van der Waals surface area contributed by atoms with Gasteiger partial charge in [-0.1, -0.05) is 24.3 Å². The number of methoxy groups -OCH3 is 1. The third-order valence-electron chi connectivity index (χ3n) is 7.88. The molecule has 2 aromatic carbocycles. The van der Waals surface area contributed by atoms with Crippen LogP contribution in [0.3, 0.4) is 0 Å². The van der Waals surface area contributed by atoms with Gasteiger partial charge in [0.2, 0.25) is 5.91 Å². The molecule has 3 heterocycles. The van der Waals surface area contributed by atoms with E-state index in [1.807, 2.05) is 58.3 Å². The van der Waals surface area contributed by atoms with Crippen molar-refractivity contribution in [1.82, 2.24) is 19.4 Å². The van der Waals surface area contributed by atoms with E-state index < -0.39 is 0 Å². The van der Waals surface area contributed by atoms with Gasteiger partial charge in [-0.3, -0.25) is 9.59 Å². The highest BCUT2D eigenvalue weighted by Gasteiger charge is 2.42. The maximum atomic E-state index is 13.0. The van der Waals surface area contributed by atoms with Crippen LogP contribution in [-0.2, 0) is 18.3 Å². The summed E-state index contributed by atoms with van der Waals surface area (Å²) in [5.74, 6) is 0.691. The zero-order valence-corrected chi connectivity index (χ0v) is 21.4. The van der Waals surface area contributed by atoms with Gasteiger partial charge in [-0.25, -0.2) is 9.78 Å². The average Bonchev–Trinajstić information content (AvgIpc) is 3.33. The topological polar surface area (TPSA) is 96.8 Å². The summed E-state index contributed by atoms with van der Waals surface area (Å²) in [6.45, 7) is 2.73. The van der Waals surface area contributed by atoms with E-state index in [2.05, 4.69) is 10.3 Å². The molecule has 0 unspecified atom stereocenters. The summed E-state index contributed by atoms with van der Waals surface area (Å²) in [6.07, 6.45) is 3.27. The van der Waals surface area contributed by atoms with Crippen LogP contribution in [0.4, 0.5) is 10.5 Å². The molecule has 5 rings (SSSR count). The molecular weight excluding hydrogens is 470 g/mol. The van der Waals surface area contributed by atoms with E-state index in [-0.39, 0.29) is 29.3 Å². The van der Waals surface area contributed by atoms with Crippen molar-refractivity contribution < 1.29 is 14.3 Å². The minimum atomic E-state index is -0.150. The first-order valence-electron chi connectivity index (χ1n) is 12.8. The number of hydrogen-bond acceptors (Lipinski definition) is 5. The van der Waals surface area contributed by atoms with E-state index in [0.717, 1.165) is 36.8 Å². The second-order valence-electron chi connectivity index (χ2n) is 10.1. The highest BCUT2D eigenvalue weighted by atomic mass is 16.5. The molecule has 0 saturated carbocycles. The quantitative estimate of drug-likeness (QED) is 0.576. The average molecular weight is 504 g/mol. The number of carbonyl (C=O) groups is 2. The lowest BCUT2D eigenvalue weighted by Crippen LogP contribution is -2.46. The van der Waals surface area contributed by atoms with Crippen molar-refractivity contribution in [3.05, 3.63) is 64.6 Å². The van der Waals surface area contributed by atoms with Gasteiger partial charge < -0.3 is 24.4 Å². The molecule has 194 valence electrons. The van der Waals surface area contributed by atoms with Gasteiger partial charge in [0.25, 0.3) is 5.56 Å². The molecule has 2 aliphatic rings. The number of para-hydroxylation sites is 4. The van der Waals surface area contributed by atoms with Gasteiger partial charge >= 0.3 is 6.03 Å². The maximum Gasteiger partial charge on any atom is 0.321 e. The van der Waals surface area contributed by atoms with Gasteiger partial charge in [-0.2, -0.15) is 0 Å². The Morgan fingerprint density at radius 2 is 1.68 bits per heavy atom. The van der Waals surface area contributed by atoms with Crippen molar-refractivity contribution >= 4 is 28.7 Å². The normalized spacial score (nSPS) is 16.8. The number of aryl methyl sites for hydroxylation is 2. The van der Waals surface area contributed by atoms with E-state index in [0.29, 0.717) is 43.2 Å². The second kappa shape index (κ2) is 10.2. The van der Waals surface area contributed by atoms with Gasteiger partial charge in [-0.15, -0.1) is 0 Å². The number of urea groups is 1. The van der Waals surface area contributed by atoms with Crippen LogP contribution in [-0.4, -0.2) is 64.6 Å². The lowest BCUT2D eigenvalue weighted by molar-refractivity contribution is -0.130. The molecule has 1 aromatic heterocycles. The van der Waals surface area contributed by atoms with Crippen molar-refractivity contribution in [2.45, 2.75) is 32.1 Å². The van der Waals surface area contributed by atoms with E-state index in [4.69, 9.17) is 4.74 Å². The van der Waals surface area contributed by atoms with Gasteiger partial charge in [0.15, 0.2) is 0 Å². The number of carbonyl (C=O) groups excluding carboxylic acids is 2. The van der Waals surface area contributed by atoms with E-state index >= 15 is 0 Å². The lowest BCUT2D eigenvalue weighted by Gasteiger charge is -2.39. The van der Waals surface area contributed by atoms with Gasteiger partial charge in [0.1, 0.15) is 11.4 Å². The number of nitrogens with zero attached hydrogens (tertiary/aromatic N) is 4. The fourth-order valence-corrected chi connectivity index (χ4v) is 5.57. The predicted molar refractivity (Wildman–Crippen MR) is 142 cm³/mol. The molecule has 0 aliphatic carbocycles. The molecule has 0 radical (unpaired) electrons. The van der Waals surface area contributed by atoms with Crippen LogP contribution in [0, 0.1) is 5.41 Å². The summed E-state index contributed by atoms with van der Waals surface area (Å²) in [5.41, 5.74) is 2.53. The second-order valence-corrected chi connectivity index (χ2v) is 10.1. The zero-order chi connectivity index (χ0) is 26.0. The molecule has 9 nitrogen and oxygen atoms in total. The Kier molecular flexibility index (Phi) is 6.86. The number of piperidine rings is 1. The zero-order valence-electron chi connectivity index (χ0n) is 21.4. The summed E-state index contributed by atoms with van der Waals surface area (Å²) in [5, 5.41) is 2.95. The van der Waals surface area contributed by atoms with E-state index in [1.54, 1.807) is 18.7 Å². The molecule has 2 fully saturated rings. The minimum Gasteiger partial charge on any atom is -0.495 e. The first-order valence-corrected chi connectivity index (χ1v) is 12.8. The molecule has 1 spiro atoms. The summed E-state index contributed by atoms with van der Waals surface area (Å²) in [4.78, 5) is 46.9. The molecule has 3 amide bonds. The number of aromatic nitrogens is 2. The molecule has 2 saturated heterocycles. The van der Waals surface area contributed by atoms with Gasteiger partial charge in [-0.05, 0) is 48.9 Å². The van der Waals surface area contributed by atoms with Crippen LogP contribution in [0.5, 0.6) is 5.75 Å². The monoisotopic (exact) mass is 503 g/mol. The fraction of sp³-hybridized carbons (Fsp3) is 0.429. The third kappa shape index (κ3) is 5.03. The van der Waals surface area contributed by atoms with Crippen LogP contribution in [0.25, 0.3) is 11.0 Å². The molecule has 37 heavy (non-hydrogen) atoms. The van der Waals surface area contributed by atoms with Crippen LogP contribution in [0.2, 0.25) is 0 Å². The van der Waals surface area contributed by atoms with Crippen LogP contribution in [0.15, 0.2) is 53.3 Å². The van der Waals surface area contributed by atoms with E-state index in [1.165, 1.54) is 0 Å². The van der Waals surface area contributed by atoms with Crippen LogP contribution in [0.1, 0.15) is 31.4 Å². The molecule has 2 aliphatic heterocycles. The smallest absolute Gasteiger partial charge is 0.321 e. The molecule has 1 N–H and O–H groups in total. The fourth-order valence-electron chi connectivity index (χ4n) is 5.57. The number of amides is 3. The number of rotatable bonds is 5. The number of likely N-dealkylation sites (tertiary alicyclic amines) is 2. The number of hydrogen-bond donors (Lipinski definition) is 1. The highest BCUT2D eigenvalue weighted by Crippen LogP contribution is 2.40. The maximum absolute atomic E-state index is 13.0. The van der Waals surface area contributed by atoms with Crippen molar-refractivity contribution in [2.24, 2.45) is 12.5 Å². The van der Waals surface area contributed by atoms with Crippen molar-refractivity contribution in [2.75, 3.05) is 38.6 Å².